The molecular weight excluding hydrogens is 244 g/mol. The fourth-order valence-corrected chi connectivity index (χ4v) is 1.57. The summed E-state index contributed by atoms with van der Waals surface area (Å²) in [5.41, 5.74) is 0.797. The van der Waals surface area contributed by atoms with Gasteiger partial charge in [0.15, 0.2) is 0 Å². The highest BCUT2D eigenvalue weighted by molar-refractivity contribution is 5.29. The summed E-state index contributed by atoms with van der Waals surface area (Å²) < 4.78 is 10.8. The summed E-state index contributed by atoms with van der Waals surface area (Å²) in [7, 11) is 0. The normalized spacial score (nSPS) is 14.1. The lowest BCUT2D eigenvalue weighted by atomic mass is 10.1. The van der Waals surface area contributed by atoms with Crippen molar-refractivity contribution in [2.45, 2.75) is 38.9 Å². The SMILES string of the molecule is CCCCOCC(O)COc1cccc(C(C)O)c1. The average molecular weight is 268 g/mol. The Kier molecular flexibility index (Phi) is 7.48. The Morgan fingerprint density at radius 2 is 2.00 bits per heavy atom. The number of rotatable bonds is 9. The summed E-state index contributed by atoms with van der Waals surface area (Å²) in [5.74, 6) is 0.644. The van der Waals surface area contributed by atoms with Crippen LogP contribution in [0, 0.1) is 0 Å². The Morgan fingerprint density at radius 1 is 1.21 bits per heavy atom. The molecule has 0 saturated heterocycles. The molecule has 2 N–H and O–H groups in total. The van der Waals surface area contributed by atoms with Crippen LogP contribution in [0.4, 0.5) is 0 Å². The predicted octanol–water partition coefficient (Wildman–Crippen LogP) is 2.30. The second-order valence-corrected chi connectivity index (χ2v) is 4.64. The maximum atomic E-state index is 9.69. The summed E-state index contributed by atoms with van der Waals surface area (Å²) >= 11 is 0. The topological polar surface area (TPSA) is 58.9 Å². The van der Waals surface area contributed by atoms with Gasteiger partial charge >= 0.3 is 0 Å². The molecule has 0 fully saturated rings. The van der Waals surface area contributed by atoms with Crippen molar-refractivity contribution in [1.29, 1.82) is 0 Å². The zero-order valence-corrected chi connectivity index (χ0v) is 11.7. The minimum Gasteiger partial charge on any atom is -0.491 e. The van der Waals surface area contributed by atoms with Gasteiger partial charge in [-0.05, 0) is 31.0 Å². The Hall–Kier alpha value is -1.10. The summed E-state index contributed by atoms with van der Waals surface area (Å²) in [6.45, 7) is 4.95. The van der Waals surface area contributed by atoms with Crippen molar-refractivity contribution in [2.24, 2.45) is 0 Å². The van der Waals surface area contributed by atoms with E-state index in [2.05, 4.69) is 6.92 Å². The fraction of sp³-hybridized carbons (Fsp3) is 0.600. The lowest BCUT2D eigenvalue weighted by Gasteiger charge is -2.14. The smallest absolute Gasteiger partial charge is 0.119 e. The first-order valence-electron chi connectivity index (χ1n) is 6.80. The lowest BCUT2D eigenvalue weighted by molar-refractivity contribution is 0.0113. The van der Waals surface area contributed by atoms with E-state index in [9.17, 15) is 10.2 Å². The molecule has 0 heterocycles. The van der Waals surface area contributed by atoms with Crippen LogP contribution in [0.5, 0.6) is 5.75 Å². The van der Waals surface area contributed by atoms with Crippen LogP contribution in [0.1, 0.15) is 38.4 Å². The van der Waals surface area contributed by atoms with Gasteiger partial charge < -0.3 is 19.7 Å². The first-order chi connectivity index (χ1) is 9.13. The second kappa shape index (κ2) is 8.91. The number of ether oxygens (including phenoxy) is 2. The van der Waals surface area contributed by atoms with Crippen molar-refractivity contribution in [3.05, 3.63) is 29.8 Å². The van der Waals surface area contributed by atoms with Gasteiger partial charge in [-0.15, -0.1) is 0 Å². The third-order valence-corrected chi connectivity index (χ3v) is 2.74. The molecule has 0 saturated carbocycles. The molecule has 108 valence electrons. The Bertz CT molecular complexity index is 352. The molecule has 1 aromatic rings. The van der Waals surface area contributed by atoms with Gasteiger partial charge in [0.05, 0.1) is 12.7 Å². The summed E-state index contributed by atoms with van der Waals surface area (Å²) in [4.78, 5) is 0. The highest BCUT2D eigenvalue weighted by Crippen LogP contribution is 2.18. The van der Waals surface area contributed by atoms with Gasteiger partial charge in [0.1, 0.15) is 18.5 Å². The molecule has 0 aromatic heterocycles. The number of benzene rings is 1. The van der Waals surface area contributed by atoms with E-state index in [4.69, 9.17) is 9.47 Å². The van der Waals surface area contributed by atoms with Crippen molar-refractivity contribution in [2.75, 3.05) is 19.8 Å². The van der Waals surface area contributed by atoms with E-state index < -0.39 is 12.2 Å². The van der Waals surface area contributed by atoms with E-state index in [1.165, 1.54) is 0 Å². The summed E-state index contributed by atoms with van der Waals surface area (Å²) in [6, 6.07) is 7.23. The van der Waals surface area contributed by atoms with E-state index in [1.54, 1.807) is 19.1 Å². The van der Waals surface area contributed by atoms with E-state index in [1.807, 2.05) is 12.1 Å². The summed E-state index contributed by atoms with van der Waals surface area (Å²) in [6.07, 6.45) is 0.931. The number of hydrogen-bond acceptors (Lipinski definition) is 4. The van der Waals surface area contributed by atoms with Crippen LogP contribution < -0.4 is 4.74 Å². The molecule has 1 aromatic carbocycles. The maximum absolute atomic E-state index is 9.69. The van der Waals surface area contributed by atoms with E-state index >= 15 is 0 Å². The van der Waals surface area contributed by atoms with Crippen molar-refractivity contribution in [3.63, 3.8) is 0 Å². The quantitative estimate of drug-likeness (QED) is 0.675. The van der Waals surface area contributed by atoms with Gasteiger partial charge in [0.2, 0.25) is 0 Å². The Morgan fingerprint density at radius 3 is 2.68 bits per heavy atom. The molecule has 0 aliphatic rings. The average Bonchev–Trinajstić information content (AvgIpc) is 2.41. The largest absolute Gasteiger partial charge is 0.491 e. The van der Waals surface area contributed by atoms with Crippen LogP contribution in [0.3, 0.4) is 0 Å². The van der Waals surface area contributed by atoms with Crippen LogP contribution in [0.15, 0.2) is 24.3 Å². The molecule has 0 spiro atoms. The van der Waals surface area contributed by atoms with Gasteiger partial charge in [-0.1, -0.05) is 25.5 Å². The van der Waals surface area contributed by atoms with Crippen molar-refractivity contribution >= 4 is 0 Å². The zero-order chi connectivity index (χ0) is 14.1. The Balaban J connectivity index is 2.29. The molecule has 1 rings (SSSR count). The van der Waals surface area contributed by atoms with Crippen molar-refractivity contribution < 1.29 is 19.7 Å². The maximum Gasteiger partial charge on any atom is 0.119 e. The first-order valence-corrected chi connectivity index (χ1v) is 6.80. The van der Waals surface area contributed by atoms with Gasteiger partial charge in [-0.2, -0.15) is 0 Å². The van der Waals surface area contributed by atoms with E-state index in [0.29, 0.717) is 12.4 Å². The van der Waals surface area contributed by atoms with Crippen LogP contribution in [0.25, 0.3) is 0 Å². The highest BCUT2D eigenvalue weighted by atomic mass is 16.5. The van der Waals surface area contributed by atoms with Crippen molar-refractivity contribution in [1.82, 2.24) is 0 Å². The number of aliphatic hydroxyl groups is 2. The van der Waals surface area contributed by atoms with Gasteiger partial charge in [0.25, 0.3) is 0 Å². The highest BCUT2D eigenvalue weighted by Gasteiger charge is 2.07. The molecule has 4 nitrogen and oxygen atoms in total. The lowest BCUT2D eigenvalue weighted by Crippen LogP contribution is -2.23. The molecule has 2 unspecified atom stereocenters. The molecule has 0 amide bonds. The third-order valence-electron chi connectivity index (χ3n) is 2.74. The third kappa shape index (κ3) is 6.57. The summed E-state index contributed by atoms with van der Waals surface area (Å²) in [5, 5.41) is 19.2. The number of hydrogen-bond donors (Lipinski definition) is 2. The molecule has 0 radical (unpaired) electrons. The predicted molar refractivity (Wildman–Crippen MR) is 74.3 cm³/mol. The van der Waals surface area contributed by atoms with Gasteiger partial charge in [-0.25, -0.2) is 0 Å². The zero-order valence-electron chi connectivity index (χ0n) is 11.7. The number of aliphatic hydroxyl groups excluding tert-OH is 2. The molecule has 0 bridgehead atoms. The molecule has 19 heavy (non-hydrogen) atoms. The molecule has 2 atom stereocenters. The molecule has 4 heteroatoms. The molecule has 0 aliphatic carbocycles. The van der Waals surface area contributed by atoms with Crippen LogP contribution in [-0.2, 0) is 4.74 Å². The van der Waals surface area contributed by atoms with Crippen LogP contribution >= 0.6 is 0 Å². The van der Waals surface area contributed by atoms with E-state index in [0.717, 1.165) is 18.4 Å². The number of unbranched alkanes of at least 4 members (excludes halogenated alkanes) is 1. The molecular formula is C15H24O4. The standard InChI is InChI=1S/C15H24O4/c1-3-4-8-18-10-14(17)11-19-15-7-5-6-13(9-15)12(2)16/h5-7,9,12,14,16-17H,3-4,8,10-11H2,1-2H3. The van der Waals surface area contributed by atoms with Gasteiger partial charge in [-0.3, -0.25) is 0 Å². The Labute approximate surface area is 115 Å². The van der Waals surface area contributed by atoms with Crippen molar-refractivity contribution in [3.8, 4) is 5.75 Å². The second-order valence-electron chi connectivity index (χ2n) is 4.64. The van der Waals surface area contributed by atoms with Gasteiger partial charge in [0, 0.05) is 6.61 Å². The monoisotopic (exact) mass is 268 g/mol. The van der Waals surface area contributed by atoms with E-state index in [-0.39, 0.29) is 13.2 Å². The minimum absolute atomic E-state index is 0.190. The first kappa shape index (κ1) is 16.0. The fourth-order valence-electron chi connectivity index (χ4n) is 1.57. The minimum atomic E-state index is -0.632. The van der Waals surface area contributed by atoms with Crippen LogP contribution in [-0.4, -0.2) is 36.1 Å². The van der Waals surface area contributed by atoms with Crippen LogP contribution in [0.2, 0.25) is 0 Å². The molecule has 0 aliphatic heterocycles.